The van der Waals surface area contributed by atoms with Crippen LogP contribution in [0.3, 0.4) is 0 Å². The Labute approximate surface area is 136 Å². The normalized spacial score (nSPS) is 20.5. The molecule has 1 aliphatic heterocycles. The second-order valence-corrected chi connectivity index (χ2v) is 6.07. The summed E-state index contributed by atoms with van der Waals surface area (Å²) in [5.74, 6) is 1.88. The second kappa shape index (κ2) is 6.84. The highest BCUT2D eigenvalue weighted by Crippen LogP contribution is 2.26. The molecule has 0 spiro atoms. The number of hydrogen-bond acceptors (Lipinski definition) is 3. The third-order valence-corrected chi connectivity index (χ3v) is 4.35. The molecular formula is C19H21NO3. The van der Waals surface area contributed by atoms with E-state index >= 15 is 0 Å². The third-order valence-electron chi connectivity index (χ3n) is 4.35. The van der Waals surface area contributed by atoms with Crippen LogP contribution in [0.4, 0.5) is 0 Å². The first-order valence-corrected chi connectivity index (χ1v) is 7.90. The summed E-state index contributed by atoms with van der Waals surface area (Å²) >= 11 is 0. The average molecular weight is 311 g/mol. The van der Waals surface area contributed by atoms with Crippen molar-refractivity contribution in [3.05, 3.63) is 60.2 Å². The van der Waals surface area contributed by atoms with Crippen molar-refractivity contribution in [1.29, 1.82) is 0 Å². The summed E-state index contributed by atoms with van der Waals surface area (Å²) in [7, 11) is 0. The Morgan fingerprint density at radius 3 is 2.57 bits per heavy atom. The molecule has 1 N–H and O–H groups in total. The smallest absolute Gasteiger partial charge is 0.254 e. The van der Waals surface area contributed by atoms with Gasteiger partial charge in [-0.25, -0.2) is 0 Å². The maximum atomic E-state index is 12.6. The van der Waals surface area contributed by atoms with Crippen LogP contribution in [0.15, 0.2) is 54.6 Å². The molecule has 2 aromatic rings. The molecule has 2 aromatic carbocycles. The van der Waals surface area contributed by atoms with E-state index in [-0.39, 0.29) is 18.4 Å². The van der Waals surface area contributed by atoms with E-state index in [1.807, 2.05) is 47.4 Å². The highest BCUT2D eigenvalue weighted by molar-refractivity contribution is 5.94. The molecule has 0 unspecified atom stereocenters. The Kier molecular flexibility index (Phi) is 4.63. The molecule has 1 amide bonds. The van der Waals surface area contributed by atoms with Gasteiger partial charge < -0.3 is 14.7 Å². The molecule has 1 fully saturated rings. The molecule has 120 valence electrons. The Morgan fingerprint density at radius 2 is 1.87 bits per heavy atom. The van der Waals surface area contributed by atoms with Gasteiger partial charge in [-0.3, -0.25) is 4.79 Å². The Bertz CT molecular complexity index is 671. The van der Waals surface area contributed by atoms with E-state index < -0.39 is 0 Å². The van der Waals surface area contributed by atoms with Gasteiger partial charge in [-0.05, 0) is 36.2 Å². The fourth-order valence-corrected chi connectivity index (χ4v) is 2.94. The zero-order chi connectivity index (χ0) is 16.2. The summed E-state index contributed by atoms with van der Waals surface area (Å²) < 4.78 is 5.78. The summed E-state index contributed by atoms with van der Waals surface area (Å²) in [5.41, 5.74) is 0.615. The quantitative estimate of drug-likeness (QED) is 0.943. The van der Waals surface area contributed by atoms with Gasteiger partial charge in [0.15, 0.2) is 0 Å². The average Bonchev–Trinajstić information content (AvgIpc) is 2.96. The molecule has 0 aliphatic carbocycles. The fraction of sp³-hybridized carbons (Fsp3) is 0.316. The van der Waals surface area contributed by atoms with E-state index in [4.69, 9.17) is 4.74 Å². The number of aliphatic hydroxyl groups is 1. The van der Waals surface area contributed by atoms with Crippen LogP contribution in [-0.2, 0) is 0 Å². The summed E-state index contributed by atoms with van der Waals surface area (Å²) in [6.07, 6.45) is 0. The predicted molar refractivity (Wildman–Crippen MR) is 88.6 cm³/mol. The van der Waals surface area contributed by atoms with Crippen molar-refractivity contribution in [2.24, 2.45) is 11.8 Å². The van der Waals surface area contributed by atoms with Gasteiger partial charge in [0.05, 0.1) is 0 Å². The highest BCUT2D eigenvalue weighted by atomic mass is 16.5. The molecule has 4 heteroatoms. The van der Waals surface area contributed by atoms with Gasteiger partial charge in [0, 0.05) is 31.2 Å². The van der Waals surface area contributed by atoms with Crippen LogP contribution in [0.2, 0.25) is 0 Å². The molecular weight excluding hydrogens is 290 g/mol. The van der Waals surface area contributed by atoms with Crippen molar-refractivity contribution in [1.82, 2.24) is 4.90 Å². The Morgan fingerprint density at radius 1 is 1.13 bits per heavy atom. The summed E-state index contributed by atoms with van der Waals surface area (Å²) in [6.45, 7) is 3.50. The number of amides is 1. The molecule has 0 saturated carbocycles. The van der Waals surface area contributed by atoms with E-state index in [0.717, 1.165) is 5.75 Å². The summed E-state index contributed by atoms with van der Waals surface area (Å²) in [5, 5.41) is 9.36. The number of aliphatic hydroxyl groups excluding tert-OH is 1. The zero-order valence-corrected chi connectivity index (χ0v) is 13.2. The summed E-state index contributed by atoms with van der Waals surface area (Å²) in [6, 6.07) is 16.7. The lowest BCUT2D eigenvalue weighted by molar-refractivity contribution is 0.0780. The first-order chi connectivity index (χ1) is 11.2. The minimum absolute atomic E-state index is 0.00804. The van der Waals surface area contributed by atoms with Crippen LogP contribution in [0, 0.1) is 11.8 Å². The van der Waals surface area contributed by atoms with Crippen molar-refractivity contribution in [3.8, 4) is 11.5 Å². The Balaban J connectivity index is 1.73. The molecule has 23 heavy (non-hydrogen) atoms. The maximum absolute atomic E-state index is 12.6. The third kappa shape index (κ3) is 3.54. The molecule has 0 radical (unpaired) electrons. The van der Waals surface area contributed by atoms with Crippen LogP contribution in [-0.4, -0.2) is 35.6 Å². The van der Waals surface area contributed by atoms with Crippen LogP contribution in [0.1, 0.15) is 17.3 Å². The predicted octanol–water partition coefficient (Wildman–Crippen LogP) is 3.18. The lowest BCUT2D eigenvalue weighted by Crippen LogP contribution is -2.29. The first-order valence-electron chi connectivity index (χ1n) is 7.90. The number of benzene rings is 2. The van der Waals surface area contributed by atoms with Crippen LogP contribution >= 0.6 is 0 Å². The monoisotopic (exact) mass is 311 g/mol. The van der Waals surface area contributed by atoms with E-state index in [2.05, 4.69) is 6.92 Å². The lowest BCUT2D eigenvalue weighted by atomic mass is 10.00. The number of carbonyl (C=O) groups is 1. The van der Waals surface area contributed by atoms with Gasteiger partial charge in [-0.1, -0.05) is 31.2 Å². The maximum Gasteiger partial charge on any atom is 0.254 e. The van der Waals surface area contributed by atoms with Crippen molar-refractivity contribution in [3.63, 3.8) is 0 Å². The van der Waals surface area contributed by atoms with E-state index in [1.165, 1.54) is 0 Å². The molecule has 3 rings (SSSR count). The zero-order valence-electron chi connectivity index (χ0n) is 13.2. The molecule has 1 aliphatic rings. The van der Waals surface area contributed by atoms with E-state index in [0.29, 0.717) is 30.3 Å². The topological polar surface area (TPSA) is 49.8 Å². The van der Waals surface area contributed by atoms with E-state index in [1.54, 1.807) is 12.1 Å². The van der Waals surface area contributed by atoms with Crippen molar-refractivity contribution >= 4 is 5.91 Å². The van der Waals surface area contributed by atoms with Crippen LogP contribution in [0.5, 0.6) is 11.5 Å². The minimum atomic E-state index is -0.00804. The number of likely N-dealkylation sites (tertiary alicyclic amines) is 1. The Hall–Kier alpha value is -2.33. The van der Waals surface area contributed by atoms with Gasteiger partial charge >= 0.3 is 0 Å². The molecule has 0 bridgehead atoms. The number of nitrogens with zero attached hydrogens (tertiary/aromatic N) is 1. The van der Waals surface area contributed by atoms with Crippen molar-refractivity contribution in [2.75, 3.05) is 19.7 Å². The van der Waals surface area contributed by atoms with Crippen molar-refractivity contribution in [2.45, 2.75) is 6.92 Å². The van der Waals surface area contributed by atoms with E-state index in [9.17, 15) is 9.90 Å². The van der Waals surface area contributed by atoms with Gasteiger partial charge in [0.1, 0.15) is 11.5 Å². The number of carbonyl (C=O) groups excluding carboxylic acids is 1. The first kappa shape index (κ1) is 15.6. The van der Waals surface area contributed by atoms with Gasteiger partial charge in [0.25, 0.3) is 5.91 Å². The number of para-hydroxylation sites is 1. The number of ether oxygens (including phenoxy) is 1. The van der Waals surface area contributed by atoms with Gasteiger partial charge in [-0.2, -0.15) is 0 Å². The molecule has 1 heterocycles. The molecule has 0 aromatic heterocycles. The minimum Gasteiger partial charge on any atom is -0.457 e. The fourth-order valence-electron chi connectivity index (χ4n) is 2.94. The largest absolute Gasteiger partial charge is 0.457 e. The second-order valence-electron chi connectivity index (χ2n) is 6.07. The van der Waals surface area contributed by atoms with Crippen LogP contribution in [0.25, 0.3) is 0 Å². The van der Waals surface area contributed by atoms with Crippen LogP contribution < -0.4 is 4.74 Å². The number of rotatable bonds is 4. The highest BCUT2D eigenvalue weighted by Gasteiger charge is 2.32. The SMILES string of the molecule is C[C@@H]1CN(C(=O)c2cccc(Oc3ccccc3)c2)C[C@H]1CO. The molecule has 4 nitrogen and oxygen atoms in total. The standard InChI is InChI=1S/C19H21NO3/c1-14-11-20(12-16(14)13-21)19(22)15-6-5-9-18(10-15)23-17-7-3-2-4-8-17/h2-10,14,16,21H,11-13H2,1H3/t14-,16+/m1/s1. The van der Waals surface area contributed by atoms with Gasteiger partial charge in [0.2, 0.25) is 0 Å². The van der Waals surface area contributed by atoms with Crippen molar-refractivity contribution < 1.29 is 14.6 Å². The summed E-state index contributed by atoms with van der Waals surface area (Å²) in [4.78, 5) is 14.5. The van der Waals surface area contributed by atoms with Gasteiger partial charge in [-0.15, -0.1) is 0 Å². The number of hydrogen-bond donors (Lipinski definition) is 1. The molecule has 1 saturated heterocycles. The molecule has 2 atom stereocenters. The lowest BCUT2D eigenvalue weighted by Gasteiger charge is -2.16.